The molecule has 2 heterocycles. The fourth-order valence-electron chi connectivity index (χ4n) is 2.00. The van der Waals surface area contributed by atoms with Crippen LogP contribution in [0.3, 0.4) is 0 Å². The lowest BCUT2D eigenvalue weighted by atomic mass is 10.0. The van der Waals surface area contributed by atoms with Gasteiger partial charge in [-0.1, -0.05) is 0 Å². The van der Waals surface area contributed by atoms with Gasteiger partial charge in [0.15, 0.2) is 0 Å². The molecule has 0 saturated carbocycles. The Morgan fingerprint density at radius 3 is 3.29 bits per heavy atom. The molecule has 0 amide bonds. The molecular weight excluding hydrogens is 194 g/mol. The first-order chi connectivity index (χ1) is 6.68. The maximum atomic E-state index is 7.31. The predicted octanol–water partition coefficient (Wildman–Crippen LogP) is 1.60. The zero-order valence-electron chi connectivity index (χ0n) is 8.29. The Kier molecular flexibility index (Phi) is 2.56. The molecule has 1 aliphatic heterocycles. The van der Waals surface area contributed by atoms with Gasteiger partial charge in [0.25, 0.3) is 0 Å². The van der Waals surface area contributed by atoms with Crippen molar-refractivity contribution >= 4 is 17.2 Å². The molecule has 1 aromatic rings. The van der Waals surface area contributed by atoms with Gasteiger partial charge in [-0.2, -0.15) is 0 Å². The maximum Gasteiger partial charge on any atom is 0.105 e. The van der Waals surface area contributed by atoms with Crippen molar-refractivity contribution in [2.75, 3.05) is 13.1 Å². The second kappa shape index (κ2) is 3.71. The topological polar surface area (TPSA) is 53.1 Å². The van der Waals surface area contributed by atoms with Crippen molar-refractivity contribution in [1.82, 2.24) is 4.90 Å². The molecule has 1 aliphatic rings. The molecule has 0 radical (unpaired) electrons. The lowest BCUT2D eigenvalue weighted by Crippen LogP contribution is -2.39. The van der Waals surface area contributed by atoms with E-state index in [0.717, 1.165) is 13.0 Å². The van der Waals surface area contributed by atoms with E-state index in [1.54, 1.807) is 0 Å². The first kappa shape index (κ1) is 9.68. The Morgan fingerprint density at radius 1 is 1.79 bits per heavy atom. The lowest BCUT2D eigenvalue weighted by molar-refractivity contribution is 0.229. The van der Waals surface area contributed by atoms with Crippen LogP contribution in [0.5, 0.6) is 0 Å². The van der Waals surface area contributed by atoms with Gasteiger partial charge in [-0.15, -0.1) is 11.3 Å². The number of rotatable bonds is 2. The summed E-state index contributed by atoms with van der Waals surface area (Å²) >= 11 is 1.84. The first-order valence-electron chi connectivity index (χ1n) is 4.81. The Labute approximate surface area is 88.0 Å². The summed E-state index contributed by atoms with van der Waals surface area (Å²) in [5.41, 5.74) is 6.84. The lowest BCUT2D eigenvalue weighted by Gasteiger charge is -2.32. The molecule has 0 fully saturated rings. The van der Waals surface area contributed by atoms with Crippen LogP contribution in [0.2, 0.25) is 0 Å². The number of fused-ring (bicyclic) bond motifs is 1. The van der Waals surface area contributed by atoms with Crippen molar-refractivity contribution in [3.8, 4) is 0 Å². The third-order valence-electron chi connectivity index (χ3n) is 2.78. The zero-order valence-corrected chi connectivity index (χ0v) is 9.10. The molecule has 76 valence electrons. The molecule has 0 aliphatic carbocycles. The fraction of sp³-hybridized carbons (Fsp3) is 0.500. The SMILES string of the molecule is CC1c2ccsc2CCN1CC(=N)N. The summed E-state index contributed by atoms with van der Waals surface area (Å²) in [5.74, 6) is 0.260. The number of thiophene rings is 1. The normalized spacial score (nSPS) is 21.9. The average molecular weight is 209 g/mol. The van der Waals surface area contributed by atoms with E-state index in [1.807, 2.05) is 11.3 Å². The highest BCUT2D eigenvalue weighted by Crippen LogP contribution is 2.32. The second-order valence-corrected chi connectivity index (χ2v) is 4.72. The summed E-state index contributed by atoms with van der Waals surface area (Å²) in [6.07, 6.45) is 1.10. The van der Waals surface area contributed by atoms with Gasteiger partial charge in [-0.3, -0.25) is 10.3 Å². The van der Waals surface area contributed by atoms with Crippen LogP contribution in [0.15, 0.2) is 11.4 Å². The van der Waals surface area contributed by atoms with Gasteiger partial charge in [0.05, 0.1) is 6.54 Å². The van der Waals surface area contributed by atoms with E-state index in [1.165, 1.54) is 10.4 Å². The molecule has 3 nitrogen and oxygen atoms in total. The molecule has 3 N–H and O–H groups in total. The van der Waals surface area contributed by atoms with Crippen molar-refractivity contribution in [1.29, 1.82) is 5.41 Å². The summed E-state index contributed by atoms with van der Waals surface area (Å²) in [6, 6.07) is 2.60. The number of hydrogen-bond acceptors (Lipinski definition) is 3. The van der Waals surface area contributed by atoms with E-state index in [9.17, 15) is 0 Å². The van der Waals surface area contributed by atoms with E-state index >= 15 is 0 Å². The number of nitrogens with one attached hydrogen (secondary N) is 1. The third kappa shape index (κ3) is 1.67. The van der Waals surface area contributed by atoms with E-state index in [-0.39, 0.29) is 5.84 Å². The van der Waals surface area contributed by atoms with Crippen LogP contribution in [0.25, 0.3) is 0 Å². The minimum Gasteiger partial charge on any atom is -0.387 e. The molecule has 14 heavy (non-hydrogen) atoms. The van der Waals surface area contributed by atoms with Crippen molar-refractivity contribution in [2.24, 2.45) is 5.73 Å². The number of nitrogens with two attached hydrogens (primary N) is 1. The standard InChI is InChI=1S/C10H15N3S/c1-7-8-3-5-14-9(8)2-4-13(7)6-10(11)12/h3,5,7H,2,4,6H2,1H3,(H3,11,12). The highest BCUT2D eigenvalue weighted by Gasteiger charge is 2.24. The largest absolute Gasteiger partial charge is 0.387 e. The smallest absolute Gasteiger partial charge is 0.105 e. The van der Waals surface area contributed by atoms with Gasteiger partial charge < -0.3 is 5.73 Å². The van der Waals surface area contributed by atoms with Crippen molar-refractivity contribution < 1.29 is 0 Å². The Bertz CT molecular complexity index is 345. The zero-order chi connectivity index (χ0) is 10.1. The number of amidine groups is 1. The Balaban J connectivity index is 2.16. The Morgan fingerprint density at radius 2 is 2.57 bits per heavy atom. The molecule has 1 aromatic heterocycles. The van der Waals surface area contributed by atoms with Crippen LogP contribution in [-0.2, 0) is 6.42 Å². The molecule has 0 bridgehead atoms. The second-order valence-electron chi connectivity index (χ2n) is 3.72. The summed E-state index contributed by atoms with van der Waals surface area (Å²) in [6.45, 7) is 3.80. The van der Waals surface area contributed by atoms with Crippen LogP contribution >= 0.6 is 11.3 Å². The van der Waals surface area contributed by atoms with Gasteiger partial charge in [0.1, 0.15) is 5.84 Å². The first-order valence-corrected chi connectivity index (χ1v) is 5.69. The molecule has 0 aromatic carbocycles. The summed E-state index contributed by atoms with van der Waals surface area (Å²) in [7, 11) is 0. The minimum absolute atomic E-state index is 0.260. The highest BCUT2D eigenvalue weighted by atomic mass is 32.1. The predicted molar refractivity (Wildman–Crippen MR) is 59.9 cm³/mol. The quantitative estimate of drug-likeness (QED) is 0.574. The molecule has 0 spiro atoms. The van der Waals surface area contributed by atoms with Crippen LogP contribution in [0.4, 0.5) is 0 Å². The van der Waals surface area contributed by atoms with Gasteiger partial charge in [-0.05, 0) is 30.4 Å². The van der Waals surface area contributed by atoms with Crippen LogP contribution < -0.4 is 5.73 Å². The van der Waals surface area contributed by atoms with E-state index in [4.69, 9.17) is 11.1 Å². The minimum atomic E-state index is 0.260. The van der Waals surface area contributed by atoms with Crippen LogP contribution in [-0.4, -0.2) is 23.8 Å². The molecular formula is C10H15N3S. The van der Waals surface area contributed by atoms with Crippen molar-refractivity contribution in [3.05, 3.63) is 21.9 Å². The highest BCUT2D eigenvalue weighted by molar-refractivity contribution is 7.10. The van der Waals surface area contributed by atoms with Gasteiger partial charge in [0, 0.05) is 17.5 Å². The van der Waals surface area contributed by atoms with E-state index in [0.29, 0.717) is 12.6 Å². The van der Waals surface area contributed by atoms with Gasteiger partial charge in [0.2, 0.25) is 0 Å². The summed E-state index contributed by atoms with van der Waals surface area (Å²) in [4.78, 5) is 3.76. The van der Waals surface area contributed by atoms with Crippen molar-refractivity contribution in [3.63, 3.8) is 0 Å². The molecule has 4 heteroatoms. The third-order valence-corrected chi connectivity index (χ3v) is 3.77. The average Bonchev–Trinajstić information content (AvgIpc) is 2.57. The maximum absolute atomic E-state index is 7.31. The summed E-state index contributed by atoms with van der Waals surface area (Å²) in [5, 5.41) is 9.46. The van der Waals surface area contributed by atoms with Crippen LogP contribution in [0.1, 0.15) is 23.4 Å². The van der Waals surface area contributed by atoms with Gasteiger partial charge >= 0.3 is 0 Å². The Hall–Kier alpha value is -0.870. The van der Waals surface area contributed by atoms with Gasteiger partial charge in [-0.25, -0.2) is 0 Å². The molecule has 1 unspecified atom stereocenters. The molecule has 2 rings (SSSR count). The van der Waals surface area contributed by atoms with Crippen LogP contribution in [0, 0.1) is 5.41 Å². The number of hydrogen-bond donors (Lipinski definition) is 2. The van der Waals surface area contributed by atoms with Crippen molar-refractivity contribution in [2.45, 2.75) is 19.4 Å². The monoisotopic (exact) mass is 209 g/mol. The number of nitrogens with zero attached hydrogens (tertiary/aromatic N) is 1. The summed E-state index contributed by atoms with van der Waals surface area (Å²) < 4.78 is 0. The van der Waals surface area contributed by atoms with E-state index in [2.05, 4.69) is 23.3 Å². The molecule has 1 atom stereocenters. The van der Waals surface area contributed by atoms with E-state index < -0.39 is 0 Å². The molecule has 0 saturated heterocycles. The fourth-order valence-corrected chi connectivity index (χ4v) is 2.96.